The number of hydrogen-bond acceptors (Lipinski definition) is 6. The molecule has 1 aliphatic rings. The fourth-order valence-corrected chi connectivity index (χ4v) is 2.97. The van der Waals surface area contributed by atoms with Gasteiger partial charge in [0.1, 0.15) is 11.5 Å². The van der Waals surface area contributed by atoms with Crippen LogP contribution in [0, 0.1) is 20.8 Å². The number of methoxy groups -OCH3 is 1. The van der Waals surface area contributed by atoms with Gasteiger partial charge in [-0.2, -0.15) is 0 Å². The summed E-state index contributed by atoms with van der Waals surface area (Å²) in [5.74, 6) is 3.18. The lowest BCUT2D eigenvalue weighted by Gasteiger charge is -2.20. The van der Waals surface area contributed by atoms with Gasteiger partial charge in [-0.05, 0) is 26.3 Å². The third-order valence-corrected chi connectivity index (χ3v) is 4.04. The molecule has 114 valence electrons. The Morgan fingerprint density at radius 1 is 1.29 bits per heavy atom. The average Bonchev–Trinajstić information content (AvgIpc) is 3.10. The van der Waals surface area contributed by atoms with Crippen LogP contribution in [0.5, 0.6) is 0 Å². The number of likely N-dealkylation sites (tertiary alicyclic amines) is 1. The highest BCUT2D eigenvalue weighted by Crippen LogP contribution is 2.34. The molecule has 2 aromatic heterocycles. The Labute approximate surface area is 124 Å². The summed E-state index contributed by atoms with van der Waals surface area (Å²) < 4.78 is 16.8. The normalized spacial score (nSPS) is 23.0. The Balaban J connectivity index is 1.82. The average molecular weight is 291 g/mol. The first-order valence-electron chi connectivity index (χ1n) is 7.19. The Morgan fingerprint density at radius 2 is 2.10 bits per heavy atom. The largest absolute Gasteiger partial charge is 0.466 e. The first kappa shape index (κ1) is 14.3. The molecule has 0 N–H and O–H groups in total. The van der Waals surface area contributed by atoms with Gasteiger partial charge >= 0.3 is 0 Å². The molecule has 2 atom stereocenters. The SMILES string of the molecule is CO[C@@H]1C[C@H](c2nnc(C)o2)N(Cc2cc(C)oc2C)C1. The van der Waals surface area contributed by atoms with Crippen molar-refractivity contribution in [3.63, 3.8) is 0 Å². The predicted octanol–water partition coefficient (Wildman–Crippen LogP) is 2.55. The number of aromatic nitrogens is 2. The third kappa shape index (κ3) is 2.87. The minimum absolute atomic E-state index is 0.103. The summed E-state index contributed by atoms with van der Waals surface area (Å²) in [6.45, 7) is 7.43. The Hall–Kier alpha value is -1.66. The van der Waals surface area contributed by atoms with E-state index < -0.39 is 0 Å². The summed E-state index contributed by atoms with van der Waals surface area (Å²) in [7, 11) is 1.75. The van der Waals surface area contributed by atoms with Crippen molar-refractivity contribution in [3.8, 4) is 0 Å². The summed E-state index contributed by atoms with van der Waals surface area (Å²) in [4.78, 5) is 2.32. The molecule has 0 unspecified atom stereocenters. The number of nitrogens with zero attached hydrogens (tertiary/aromatic N) is 3. The molecule has 0 aromatic carbocycles. The fraction of sp³-hybridized carbons (Fsp3) is 0.600. The second-order valence-electron chi connectivity index (χ2n) is 5.64. The molecule has 1 saturated heterocycles. The van der Waals surface area contributed by atoms with Gasteiger partial charge in [-0.15, -0.1) is 10.2 Å². The van der Waals surface area contributed by atoms with Gasteiger partial charge in [-0.3, -0.25) is 4.90 Å². The van der Waals surface area contributed by atoms with Crippen LogP contribution in [0.3, 0.4) is 0 Å². The van der Waals surface area contributed by atoms with Crippen LogP contribution in [0.4, 0.5) is 0 Å². The predicted molar refractivity (Wildman–Crippen MR) is 75.8 cm³/mol. The quantitative estimate of drug-likeness (QED) is 0.862. The topological polar surface area (TPSA) is 64.5 Å². The van der Waals surface area contributed by atoms with Crippen LogP contribution in [0.1, 0.15) is 41.3 Å². The van der Waals surface area contributed by atoms with E-state index in [2.05, 4.69) is 21.2 Å². The maximum Gasteiger partial charge on any atom is 0.233 e. The van der Waals surface area contributed by atoms with E-state index in [1.807, 2.05) is 20.8 Å². The van der Waals surface area contributed by atoms with E-state index in [1.165, 1.54) is 5.56 Å². The van der Waals surface area contributed by atoms with Crippen molar-refractivity contribution < 1.29 is 13.6 Å². The van der Waals surface area contributed by atoms with Crippen LogP contribution in [-0.2, 0) is 11.3 Å². The maximum absolute atomic E-state index is 5.62. The van der Waals surface area contributed by atoms with Gasteiger partial charge in [0.05, 0.1) is 12.1 Å². The molecule has 0 saturated carbocycles. The van der Waals surface area contributed by atoms with Gasteiger partial charge in [0.25, 0.3) is 0 Å². The molecular formula is C15H21N3O3. The molecule has 21 heavy (non-hydrogen) atoms. The first-order chi connectivity index (χ1) is 10.1. The highest BCUT2D eigenvalue weighted by molar-refractivity contribution is 5.20. The van der Waals surface area contributed by atoms with Crippen molar-refractivity contribution in [2.75, 3.05) is 13.7 Å². The van der Waals surface area contributed by atoms with E-state index in [0.29, 0.717) is 11.8 Å². The number of furan rings is 1. The van der Waals surface area contributed by atoms with Crippen LogP contribution < -0.4 is 0 Å². The molecular weight excluding hydrogens is 270 g/mol. The van der Waals surface area contributed by atoms with Crippen molar-refractivity contribution in [2.24, 2.45) is 0 Å². The zero-order valence-electron chi connectivity index (χ0n) is 12.9. The molecule has 0 radical (unpaired) electrons. The Bertz CT molecular complexity index is 619. The minimum atomic E-state index is 0.103. The molecule has 0 spiro atoms. The number of hydrogen-bond donors (Lipinski definition) is 0. The molecule has 6 nitrogen and oxygen atoms in total. The highest BCUT2D eigenvalue weighted by Gasteiger charge is 2.36. The summed E-state index contributed by atoms with van der Waals surface area (Å²) in [5.41, 5.74) is 1.20. The zero-order valence-corrected chi connectivity index (χ0v) is 12.9. The number of aryl methyl sites for hydroxylation is 3. The van der Waals surface area contributed by atoms with Gasteiger partial charge < -0.3 is 13.6 Å². The second kappa shape index (κ2) is 5.61. The van der Waals surface area contributed by atoms with Crippen LogP contribution in [0.25, 0.3) is 0 Å². The molecule has 0 bridgehead atoms. The molecule has 6 heteroatoms. The lowest BCUT2D eigenvalue weighted by molar-refractivity contribution is 0.107. The van der Waals surface area contributed by atoms with Gasteiger partial charge in [0.15, 0.2) is 0 Å². The third-order valence-electron chi connectivity index (χ3n) is 4.04. The van der Waals surface area contributed by atoms with Crippen LogP contribution in [0.15, 0.2) is 14.9 Å². The Kier molecular flexibility index (Phi) is 3.82. The number of ether oxygens (including phenoxy) is 1. The van der Waals surface area contributed by atoms with Crippen LogP contribution >= 0.6 is 0 Å². The Morgan fingerprint density at radius 3 is 2.67 bits per heavy atom. The van der Waals surface area contributed by atoms with Crippen LogP contribution in [0.2, 0.25) is 0 Å². The fourth-order valence-electron chi connectivity index (χ4n) is 2.97. The molecule has 1 fully saturated rings. The smallest absolute Gasteiger partial charge is 0.233 e. The molecule has 0 amide bonds. The molecule has 3 rings (SSSR count). The van der Waals surface area contributed by atoms with Gasteiger partial charge in [0, 0.05) is 32.7 Å². The highest BCUT2D eigenvalue weighted by atomic mass is 16.5. The summed E-state index contributed by atoms with van der Waals surface area (Å²) in [6.07, 6.45) is 1.06. The van der Waals surface area contributed by atoms with E-state index in [9.17, 15) is 0 Å². The second-order valence-corrected chi connectivity index (χ2v) is 5.64. The number of rotatable bonds is 4. The van der Waals surface area contributed by atoms with E-state index in [0.717, 1.165) is 31.0 Å². The monoisotopic (exact) mass is 291 g/mol. The molecule has 0 aliphatic carbocycles. The zero-order chi connectivity index (χ0) is 15.0. The van der Waals surface area contributed by atoms with Crippen molar-refractivity contribution in [1.29, 1.82) is 0 Å². The maximum atomic E-state index is 5.62. The van der Waals surface area contributed by atoms with E-state index in [4.69, 9.17) is 13.6 Å². The molecule has 3 heterocycles. The lowest BCUT2D eigenvalue weighted by atomic mass is 10.2. The van der Waals surface area contributed by atoms with Crippen molar-refractivity contribution in [2.45, 2.75) is 45.9 Å². The van der Waals surface area contributed by atoms with Gasteiger partial charge in [-0.25, -0.2) is 0 Å². The van der Waals surface area contributed by atoms with Crippen molar-refractivity contribution in [3.05, 3.63) is 34.9 Å². The summed E-state index contributed by atoms with van der Waals surface area (Å²) in [5, 5.41) is 8.12. The summed E-state index contributed by atoms with van der Waals surface area (Å²) >= 11 is 0. The van der Waals surface area contributed by atoms with Crippen LogP contribution in [-0.4, -0.2) is 34.9 Å². The van der Waals surface area contributed by atoms with E-state index in [1.54, 1.807) is 7.11 Å². The van der Waals surface area contributed by atoms with Gasteiger partial charge in [-0.1, -0.05) is 0 Å². The van der Waals surface area contributed by atoms with Gasteiger partial charge in [0.2, 0.25) is 11.8 Å². The molecule has 1 aliphatic heterocycles. The lowest BCUT2D eigenvalue weighted by Crippen LogP contribution is -2.25. The van der Waals surface area contributed by atoms with E-state index in [-0.39, 0.29) is 12.1 Å². The molecule has 2 aromatic rings. The summed E-state index contributed by atoms with van der Waals surface area (Å²) in [6, 6.07) is 2.19. The van der Waals surface area contributed by atoms with Crippen molar-refractivity contribution in [1.82, 2.24) is 15.1 Å². The van der Waals surface area contributed by atoms with Crippen molar-refractivity contribution >= 4 is 0 Å². The standard InChI is InChI=1S/C15H21N3O3/c1-9-5-12(10(2)20-9)7-18-8-13(19-4)6-14(18)15-17-16-11(3)21-15/h5,13-14H,6-8H2,1-4H3/t13-,14-/m1/s1. The first-order valence-corrected chi connectivity index (χ1v) is 7.19. The van der Waals surface area contributed by atoms with E-state index >= 15 is 0 Å². The minimum Gasteiger partial charge on any atom is -0.466 e.